The molecule has 1 aliphatic heterocycles. The van der Waals surface area contributed by atoms with Crippen LogP contribution in [-0.4, -0.2) is 46.1 Å². The molecular weight excluding hydrogens is 332 g/mol. The summed E-state index contributed by atoms with van der Waals surface area (Å²) in [5.41, 5.74) is -0.527. The van der Waals surface area contributed by atoms with Gasteiger partial charge in [-0.25, -0.2) is 4.79 Å². The zero-order valence-corrected chi connectivity index (χ0v) is 16.7. The third-order valence-electron chi connectivity index (χ3n) is 4.82. The predicted molar refractivity (Wildman–Crippen MR) is 104 cm³/mol. The molecule has 1 aliphatic rings. The van der Waals surface area contributed by atoms with Crippen LogP contribution in [0, 0.1) is 0 Å². The van der Waals surface area contributed by atoms with Gasteiger partial charge in [0.25, 0.3) is 5.56 Å². The summed E-state index contributed by atoms with van der Waals surface area (Å²) in [4.78, 5) is 41.6. The molecule has 1 aromatic heterocycles. The quantitative estimate of drug-likeness (QED) is 0.802. The number of rotatable bonds is 5. The lowest BCUT2D eigenvalue weighted by atomic mass is 10.3. The van der Waals surface area contributed by atoms with Gasteiger partial charge in [-0.05, 0) is 40.5 Å². The first-order valence-electron chi connectivity index (χ1n) is 9.68. The molecule has 0 unspecified atom stereocenters. The van der Waals surface area contributed by atoms with Crippen molar-refractivity contribution >= 4 is 11.7 Å². The van der Waals surface area contributed by atoms with E-state index in [1.807, 2.05) is 39.5 Å². The lowest BCUT2D eigenvalue weighted by molar-refractivity contribution is -0.131. The minimum absolute atomic E-state index is 0.0517. The average Bonchev–Trinajstić information content (AvgIpc) is 2.79. The van der Waals surface area contributed by atoms with Crippen molar-refractivity contribution in [2.24, 2.45) is 0 Å². The molecule has 1 amide bonds. The Morgan fingerprint density at radius 3 is 2.23 bits per heavy atom. The van der Waals surface area contributed by atoms with Crippen molar-refractivity contribution in [1.29, 1.82) is 0 Å². The summed E-state index contributed by atoms with van der Waals surface area (Å²) in [7, 11) is 0. The molecule has 0 bridgehead atoms. The Hall–Kier alpha value is -2.05. The molecule has 0 aromatic carbocycles. The van der Waals surface area contributed by atoms with Crippen LogP contribution in [0.15, 0.2) is 15.7 Å². The van der Waals surface area contributed by atoms with Crippen molar-refractivity contribution < 1.29 is 4.79 Å². The van der Waals surface area contributed by atoms with Gasteiger partial charge >= 0.3 is 5.69 Å². The Labute approximate surface area is 155 Å². The van der Waals surface area contributed by atoms with Crippen LogP contribution < -0.4 is 16.1 Å². The lowest BCUT2D eigenvalue weighted by Crippen LogP contribution is -2.45. The van der Waals surface area contributed by atoms with Crippen LogP contribution in [0.1, 0.15) is 66.0 Å². The minimum Gasteiger partial charge on any atom is -0.356 e. The zero-order valence-electron chi connectivity index (χ0n) is 16.7. The van der Waals surface area contributed by atoms with Gasteiger partial charge < -0.3 is 9.80 Å². The highest BCUT2D eigenvalue weighted by molar-refractivity contribution is 5.76. The first kappa shape index (κ1) is 20.3. The summed E-state index contributed by atoms with van der Waals surface area (Å²) < 4.78 is 3.00. The SMILES string of the molecule is CCCC(=O)N1CCCN(c2cc(=O)n(C(C)C)c(=O)n2C(C)C)CC1. The monoisotopic (exact) mass is 364 g/mol. The van der Waals surface area contributed by atoms with Gasteiger partial charge in [-0.2, -0.15) is 0 Å². The molecule has 0 atom stereocenters. The third-order valence-corrected chi connectivity index (χ3v) is 4.82. The molecule has 1 aromatic rings. The lowest BCUT2D eigenvalue weighted by Gasteiger charge is -2.28. The second kappa shape index (κ2) is 8.56. The standard InChI is InChI=1S/C19H32N4O3/c1-6-8-17(24)21-10-7-9-20(11-12-21)16-13-18(25)23(15(4)5)19(26)22(16)14(2)3/h13-15H,6-12H2,1-5H3. The van der Waals surface area contributed by atoms with Crippen molar-refractivity contribution in [3.05, 3.63) is 26.9 Å². The number of aromatic nitrogens is 2. The van der Waals surface area contributed by atoms with Gasteiger partial charge in [0.05, 0.1) is 0 Å². The molecule has 0 N–H and O–H groups in total. The van der Waals surface area contributed by atoms with E-state index in [0.29, 0.717) is 25.3 Å². The van der Waals surface area contributed by atoms with Gasteiger partial charge in [0, 0.05) is 50.7 Å². The molecule has 1 fully saturated rings. The van der Waals surface area contributed by atoms with E-state index in [9.17, 15) is 14.4 Å². The summed E-state index contributed by atoms with van der Waals surface area (Å²) >= 11 is 0. The van der Waals surface area contributed by atoms with E-state index in [1.165, 1.54) is 4.57 Å². The van der Waals surface area contributed by atoms with E-state index in [-0.39, 0.29) is 29.2 Å². The number of nitrogens with zero attached hydrogens (tertiary/aromatic N) is 4. The summed E-state index contributed by atoms with van der Waals surface area (Å²) in [6.45, 7) is 12.3. The normalized spacial score (nSPS) is 15.7. The Bertz CT molecular complexity index is 748. The molecule has 2 rings (SSSR count). The molecule has 2 heterocycles. The van der Waals surface area contributed by atoms with Crippen LogP contribution in [0.5, 0.6) is 0 Å². The maximum absolute atomic E-state index is 12.9. The highest BCUT2D eigenvalue weighted by Crippen LogP contribution is 2.18. The highest BCUT2D eigenvalue weighted by Gasteiger charge is 2.23. The minimum atomic E-state index is -0.264. The van der Waals surface area contributed by atoms with E-state index in [0.717, 1.165) is 25.9 Å². The first-order chi connectivity index (χ1) is 12.3. The molecule has 146 valence electrons. The molecule has 26 heavy (non-hydrogen) atoms. The fraction of sp³-hybridized carbons (Fsp3) is 0.737. The fourth-order valence-electron chi connectivity index (χ4n) is 3.53. The molecule has 1 saturated heterocycles. The number of carbonyl (C=O) groups excluding carboxylic acids is 1. The number of hydrogen-bond donors (Lipinski definition) is 0. The van der Waals surface area contributed by atoms with Gasteiger partial charge in [0.15, 0.2) is 0 Å². The molecule has 0 spiro atoms. The maximum Gasteiger partial charge on any atom is 0.333 e. The maximum atomic E-state index is 12.9. The number of anilines is 1. The Morgan fingerprint density at radius 1 is 1.00 bits per heavy atom. The molecule has 0 aliphatic carbocycles. The summed E-state index contributed by atoms with van der Waals surface area (Å²) in [5.74, 6) is 0.850. The zero-order chi connectivity index (χ0) is 19.4. The van der Waals surface area contributed by atoms with Crippen LogP contribution >= 0.6 is 0 Å². The Morgan fingerprint density at radius 2 is 1.65 bits per heavy atom. The second-order valence-corrected chi connectivity index (χ2v) is 7.52. The van der Waals surface area contributed by atoms with Gasteiger partial charge in [-0.3, -0.25) is 18.7 Å². The second-order valence-electron chi connectivity index (χ2n) is 7.52. The van der Waals surface area contributed by atoms with E-state index in [1.54, 1.807) is 10.6 Å². The van der Waals surface area contributed by atoms with Crippen molar-refractivity contribution in [2.45, 2.75) is 66.0 Å². The molecule has 7 heteroatoms. The topological polar surface area (TPSA) is 67.6 Å². The third kappa shape index (κ3) is 4.19. The van der Waals surface area contributed by atoms with E-state index < -0.39 is 0 Å². The van der Waals surface area contributed by atoms with Gasteiger partial charge in [-0.1, -0.05) is 6.92 Å². The van der Waals surface area contributed by atoms with Crippen molar-refractivity contribution in [3.63, 3.8) is 0 Å². The van der Waals surface area contributed by atoms with Crippen molar-refractivity contribution in [2.75, 3.05) is 31.1 Å². The van der Waals surface area contributed by atoms with E-state index >= 15 is 0 Å². The van der Waals surface area contributed by atoms with Crippen LogP contribution in [0.2, 0.25) is 0 Å². The van der Waals surface area contributed by atoms with E-state index in [2.05, 4.69) is 4.90 Å². The molecule has 7 nitrogen and oxygen atoms in total. The molecular formula is C19H32N4O3. The van der Waals surface area contributed by atoms with Crippen LogP contribution in [0.4, 0.5) is 5.82 Å². The van der Waals surface area contributed by atoms with Gasteiger partial charge in [0.2, 0.25) is 5.91 Å². The predicted octanol–water partition coefficient (Wildman–Crippen LogP) is 2.01. The highest BCUT2D eigenvalue weighted by atomic mass is 16.2. The van der Waals surface area contributed by atoms with Crippen LogP contribution in [-0.2, 0) is 4.79 Å². The number of hydrogen-bond acceptors (Lipinski definition) is 4. The van der Waals surface area contributed by atoms with Crippen molar-refractivity contribution in [1.82, 2.24) is 14.0 Å². The smallest absolute Gasteiger partial charge is 0.333 e. The summed E-state index contributed by atoms with van der Waals surface area (Å²) in [6, 6.07) is 1.34. The largest absolute Gasteiger partial charge is 0.356 e. The van der Waals surface area contributed by atoms with E-state index in [4.69, 9.17) is 0 Å². The van der Waals surface area contributed by atoms with Crippen molar-refractivity contribution in [3.8, 4) is 0 Å². The number of amides is 1. The first-order valence-corrected chi connectivity index (χ1v) is 9.68. The summed E-state index contributed by atoms with van der Waals surface area (Å²) in [5, 5.41) is 0. The fourth-order valence-corrected chi connectivity index (χ4v) is 3.53. The van der Waals surface area contributed by atoms with Gasteiger partial charge in [0.1, 0.15) is 5.82 Å². The molecule has 0 saturated carbocycles. The van der Waals surface area contributed by atoms with Crippen LogP contribution in [0.3, 0.4) is 0 Å². The Balaban J connectivity index is 2.38. The molecule has 0 radical (unpaired) electrons. The van der Waals surface area contributed by atoms with Gasteiger partial charge in [-0.15, -0.1) is 0 Å². The number of carbonyl (C=O) groups is 1. The summed E-state index contributed by atoms with van der Waals surface area (Å²) in [6.07, 6.45) is 2.25. The Kier molecular flexibility index (Phi) is 6.67. The van der Waals surface area contributed by atoms with Crippen LogP contribution in [0.25, 0.3) is 0 Å². The average molecular weight is 364 g/mol.